The third-order valence-corrected chi connectivity index (χ3v) is 8.15. The molecule has 0 bridgehead atoms. The van der Waals surface area contributed by atoms with Crippen LogP contribution in [0.25, 0.3) is 99.5 Å². The summed E-state index contributed by atoms with van der Waals surface area (Å²) in [5.74, 6) is -1.14. The van der Waals surface area contributed by atoms with Gasteiger partial charge < -0.3 is 4.42 Å². The van der Waals surface area contributed by atoms with E-state index in [9.17, 15) is 0 Å². The highest BCUT2D eigenvalue weighted by Gasteiger charge is 2.20. The molecule has 8 aromatic carbocycles. The largest absolute Gasteiger partial charge is 0.455 e. The van der Waals surface area contributed by atoms with Crippen LogP contribution in [-0.2, 0) is 0 Å². The maximum absolute atomic E-state index is 9.08. The Morgan fingerprint density at radius 1 is 0.429 bits per heavy atom. The van der Waals surface area contributed by atoms with Gasteiger partial charge in [0, 0.05) is 32.8 Å². The van der Waals surface area contributed by atoms with Crippen LogP contribution in [-0.4, -0.2) is 15.0 Å². The Morgan fingerprint density at radius 3 is 2.02 bits per heavy atom. The third kappa shape index (κ3) is 4.57. The van der Waals surface area contributed by atoms with Gasteiger partial charge in [0.2, 0.25) is 0 Å². The molecule has 10 aromatic rings. The number of hydrogen-bond donors (Lipinski definition) is 0. The summed E-state index contributed by atoms with van der Waals surface area (Å²) in [6.45, 7) is 0. The van der Waals surface area contributed by atoms with Gasteiger partial charge in [-0.05, 0) is 62.3 Å². The van der Waals surface area contributed by atoms with Crippen LogP contribution in [0.5, 0.6) is 0 Å². The van der Waals surface area contributed by atoms with Gasteiger partial charge in [0.1, 0.15) is 11.2 Å². The van der Waals surface area contributed by atoms with Crippen molar-refractivity contribution in [3.05, 3.63) is 163 Å². The van der Waals surface area contributed by atoms with Crippen molar-refractivity contribution >= 4 is 54.3 Å². The molecule has 49 heavy (non-hydrogen) atoms. The van der Waals surface area contributed by atoms with Crippen LogP contribution in [0.4, 0.5) is 0 Å². The summed E-state index contributed by atoms with van der Waals surface area (Å²) in [7, 11) is 0. The summed E-state index contributed by atoms with van der Waals surface area (Å²) in [6.07, 6.45) is 0. The van der Waals surface area contributed by atoms with Crippen LogP contribution in [0, 0.1) is 0 Å². The molecule has 2 aromatic heterocycles. The van der Waals surface area contributed by atoms with Crippen molar-refractivity contribution in [2.45, 2.75) is 0 Å². The number of fused-ring (bicyclic) bond motifs is 7. The SMILES string of the molecule is [2H]c1c([2H])c([2H])c(-c2nc(-c3cc4c5ccc(-c6c([2H])c([2H])c7c([2H])c([2H])c([2H])c([2H])c7c6[2H])cc5oc4c4ccccc34)nc(-c3c([2H])c([2H])c([2H])c4c([2H])c([2H])c([2H])c([2H])c34)n2)c([2H])c1[2H]. The molecule has 0 aliphatic carbocycles. The highest BCUT2D eigenvalue weighted by atomic mass is 16.3. The summed E-state index contributed by atoms with van der Waals surface area (Å²) in [5.41, 5.74) is 0.155. The molecular formula is C45H27N3O. The van der Waals surface area contributed by atoms with Crippen molar-refractivity contribution < 1.29 is 30.5 Å². The zero-order valence-corrected chi connectivity index (χ0v) is 24.9. The Labute approximate surface area is 308 Å². The van der Waals surface area contributed by atoms with Crippen molar-refractivity contribution in [2.24, 2.45) is 0 Å². The minimum absolute atomic E-state index is 0.0706. The van der Waals surface area contributed by atoms with Crippen LogP contribution < -0.4 is 0 Å². The summed E-state index contributed by atoms with van der Waals surface area (Å²) in [5, 5.41) is 0.680. The average molecular weight is 645 g/mol. The molecule has 4 heteroatoms. The predicted molar refractivity (Wildman–Crippen MR) is 201 cm³/mol. The molecule has 0 amide bonds. The van der Waals surface area contributed by atoms with E-state index in [0.29, 0.717) is 27.1 Å². The van der Waals surface area contributed by atoms with Gasteiger partial charge in [-0.25, -0.2) is 15.0 Å². The normalized spacial score (nSPS) is 17.1. The molecule has 10 rings (SSSR count). The Morgan fingerprint density at radius 2 is 1.14 bits per heavy atom. The molecule has 4 nitrogen and oxygen atoms in total. The second kappa shape index (κ2) is 11.0. The minimum Gasteiger partial charge on any atom is -0.455 e. The fraction of sp³-hybridized carbons (Fsp3) is 0. The van der Waals surface area contributed by atoms with Gasteiger partial charge in [-0.3, -0.25) is 0 Å². The Bertz CT molecular complexity index is 3950. The average Bonchev–Trinajstić information content (AvgIpc) is 3.70. The van der Waals surface area contributed by atoms with Gasteiger partial charge in [-0.1, -0.05) is 139 Å². The first-order valence-corrected chi connectivity index (χ1v) is 14.9. The van der Waals surface area contributed by atoms with E-state index in [4.69, 9.17) is 35.4 Å². The molecule has 0 aliphatic heterocycles. The number of nitrogens with zero attached hydrogens (tertiary/aromatic N) is 3. The Kier molecular flexibility index (Phi) is 3.27. The monoisotopic (exact) mass is 644 g/mol. The molecule has 0 atom stereocenters. The zero-order valence-electron chi connectivity index (χ0n) is 43.9. The predicted octanol–water partition coefficient (Wildman–Crippen LogP) is 11.9. The van der Waals surface area contributed by atoms with Gasteiger partial charge in [0.05, 0.1) is 26.0 Å². The number of furan rings is 1. The highest BCUT2D eigenvalue weighted by molar-refractivity contribution is 6.19. The van der Waals surface area contributed by atoms with E-state index in [2.05, 4.69) is 9.97 Å². The van der Waals surface area contributed by atoms with E-state index < -0.39 is 137 Å². The first-order chi connectivity index (χ1) is 32.2. The van der Waals surface area contributed by atoms with E-state index in [1.165, 1.54) is 0 Å². The fourth-order valence-electron chi connectivity index (χ4n) is 5.93. The van der Waals surface area contributed by atoms with Crippen LogP contribution in [0.2, 0.25) is 0 Å². The summed E-state index contributed by atoms with van der Waals surface area (Å²) >= 11 is 0. The number of benzene rings is 8. The third-order valence-electron chi connectivity index (χ3n) is 8.15. The van der Waals surface area contributed by atoms with Crippen LogP contribution in [0.3, 0.4) is 0 Å². The molecule has 0 N–H and O–H groups in total. The summed E-state index contributed by atoms with van der Waals surface area (Å²) < 4.78 is 170. The van der Waals surface area contributed by atoms with Crippen LogP contribution >= 0.6 is 0 Å². The van der Waals surface area contributed by atoms with Crippen molar-refractivity contribution in [3.63, 3.8) is 0 Å². The van der Waals surface area contributed by atoms with Crippen molar-refractivity contribution in [1.82, 2.24) is 15.0 Å². The quantitative estimate of drug-likeness (QED) is 0.191. The lowest BCUT2D eigenvalue weighted by atomic mass is 9.98. The molecule has 0 unspecified atom stereocenters. The summed E-state index contributed by atoms with van der Waals surface area (Å²) in [6, 6.07) is 1.47. The van der Waals surface area contributed by atoms with Crippen molar-refractivity contribution in [3.8, 4) is 45.3 Å². The molecule has 228 valence electrons. The topological polar surface area (TPSA) is 51.8 Å². The number of hydrogen-bond acceptors (Lipinski definition) is 4. The van der Waals surface area contributed by atoms with E-state index in [1.54, 1.807) is 48.5 Å². The highest BCUT2D eigenvalue weighted by Crippen LogP contribution is 2.41. The molecule has 0 saturated carbocycles. The van der Waals surface area contributed by atoms with Crippen LogP contribution in [0.15, 0.2) is 168 Å². The minimum atomic E-state index is -0.720. The van der Waals surface area contributed by atoms with Crippen LogP contribution in [0.1, 0.15) is 26.0 Å². The lowest BCUT2D eigenvalue weighted by Crippen LogP contribution is -2.01. The Hall–Kier alpha value is -6.65. The Balaban J connectivity index is 1.28. The molecule has 0 spiro atoms. The molecule has 0 aliphatic rings. The van der Waals surface area contributed by atoms with E-state index in [-0.39, 0.29) is 50.3 Å². The van der Waals surface area contributed by atoms with E-state index in [1.807, 2.05) is 0 Å². The van der Waals surface area contributed by atoms with Gasteiger partial charge in [-0.2, -0.15) is 0 Å². The second-order valence-corrected chi connectivity index (χ2v) is 11.0. The molecule has 2 heterocycles. The molecule has 0 radical (unpaired) electrons. The molecular weight excluding hydrogens is 599 g/mol. The first kappa shape index (κ1) is 14.6. The van der Waals surface area contributed by atoms with Gasteiger partial charge in [-0.15, -0.1) is 0 Å². The first-order valence-electron chi connectivity index (χ1n) is 24.4. The van der Waals surface area contributed by atoms with Gasteiger partial charge in [0.15, 0.2) is 17.5 Å². The van der Waals surface area contributed by atoms with Crippen molar-refractivity contribution in [1.29, 1.82) is 0 Å². The zero-order chi connectivity index (χ0) is 48.8. The molecule has 0 saturated heterocycles. The smallest absolute Gasteiger partial charge is 0.164 e. The second-order valence-electron chi connectivity index (χ2n) is 11.0. The van der Waals surface area contributed by atoms with Crippen molar-refractivity contribution in [2.75, 3.05) is 0 Å². The lowest BCUT2D eigenvalue weighted by molar-refractivity contribution is 0.673. The number of aromatic nitrogens is 3. The van der Waals surface area contributed by atoms with E-state index >= 15 is 0 Å². The standard InChI is InChI=1S/C45H27N3O/c1-2-13-30(14-3-1)43-46-44(38-20-10-16-29-12-6-7-17-34(29)38)48-45(47-43)40-27-39-36-24-23-33(32-22-21-28-11-4-5-15-31(28)25-32)26-41(36)49-42(39)37-19-9-8-18-35(37)40/h1-27H/i1D,2D,3D,4D,5D,6D,7D,10D,11D,12D,13D,14D,15D,16D,17D,20D,21D,22D,25D. The van der Waals surface area contributed by atoms with Gasteiger partial charge in [0.25, 0.3) is 0 Å². The fourth-order valence-corrected chi connectivity index (χ4v) is 5.93. The molecule has 0 fully saturated rings. The van der Waals surface area contributed by atoms with E-state index in [0.717, 1.165) is 0 Å². The lowest BCUT2D eigenvalue weighted by Gasteiger charge is -2.12. The summed E-state index contributed by atoms with van der Waals surface area (Å²) in [4.78, 5) is 13.9. The number of rotatable bonds is 4. The maximum Gasteiger partial charge on any atom is 0.164 e. The van der Waals surface area contributed by atoms with Gasteiger partial charge >= 0.3 is 0 Å². The maximum atomic E-state index is 9.08.